The normalized spacial score (nSPS) is 10.4. The van der Waals surface area contributed by atoms with Crippen molar-refractivity contribution in [3.63, 3.8) is 0 Å². The average molecular weight is 251 g/mol. The third-order valence-corrected chi connectivity index (χ3v) is 3.31. The SMILES string of the molecule is CSc1ccccc1-c1cc(O)cc(Cl)c1. The van der Waals surface area contributed by atoms with Crippen LogP contribution in [0.1, 0.15) is 0 Å². The maximum absolute atomic E-state index is 9.53. The van der Waals surface area contributed by atoms with Crippen LogP contribution in [0.3, 0.4) is 0 Å². The van der Waals surface area contributed by atoms with Crippen LogP contribution in [-0.2, 0) is 0 Å². The molecule has 0 radical (unpaired) electrons. The van der Waals surface area contributed by atoms with Gasteiger partial charge in [0.05, 0.1) is 0 Å². The Morgan fingerprint density at radius 1 is 1.12 bits per heavy atom. The molecule has 0 aliphatic carbocycles. The molecule has 0 fully saturated rings. The molecule has 0 heterocycles. The first kappa shape index (κ1) is 11.4. The van der Waals surface area contributed by atoms with E-state index < -0.39 is 0 Å². The first-order valence-corrected chi connectivity index (χ1v) is 6.44. The van der Waals surface area contributed by atoms with E-state index in [1.807, 2.05) is 30.5 Å². The van der Waals surface area contributed by atoms with Crippen molar-refractivity contribution in [3.05, 3.63) is 47.5 Å². The van der Waals surface area contributed by atoms with Gasteiger partial charge in [-0.1, -0.05) is 29.8 Å². The molecule has 1 nitrogen and oxygen atoms in total. The number of hydrogen-bond acceptors (Lipinski definition) is 2. The lowest BCUT2D eigenvalue weighted by atomic mass is 10.1. The van der Waals surface area contributed by atoms with Crippen LogP contribution in [0, 0.1) is 0 Å². The van der Waals surface area contributed by atoms with Gasteiger partial charge in [-0.3, -0.25) is 0 Å². The lowest BCUT2D eigenvalue weighted by Crippen LogP contribution is -1.81. The van der Waals surface area contributed by atoms with Gasteiger partial charge in [-0.2, -0.15) is 0 Å². The number of hydrogen-bond donors (Lipinski definition) is 1. The minimum Gasteiger partial charge on any atom is -0.508 e. The molecule has 2 aromatic rings. The van der Waals surface area contributed by atoms with Crippen molar-refractivity contribution >= 4 is 23.4 Å². The lowest BCUT2D eigenvalue weighted by molar-refractivity contribution is 0.475. The van der Waals surface area contributed by atoms with E-state index in [9.17, 15) is 5.11 Å². The van der Waals surface area contributed by atoms with Gasteiger partial charge in [0.2, 0.25) is 0 Å². The van der Waals surface area contributed by atoms with Gasteiger partial charge in [0.15, 0.2) is 0 Å². The first-order chi connectivity index (χ1) is 7.70. The van der Waals surface area contributed by atoms with Gasteiger partial charge in [-0.05, 0) is 41.6 Å². The average Bonchev–Trinajstić information content (AvgIpc) is 2.27. The zero-order valence-electron chi connectivity index (χ0n) is 8.77. The summed E-state index contributed by atoms with van der Waals surface area (Å²) in [6.07, 6.45) is 2.03. The molecule has 0 bridgehead atoms. The summed E-state index contributed by atoms with van der Waals surface area (Å²) in [5, 5.41) is 10.1. The van der Waals surface area contributed by atoms with Crippen molar-refractivity contribution in [2.24, 2.45) is 0 Å². The highest BCUT2D eigenvalue weighted by Gasteiger charge is 2.05. The van der Waals surface area contributed by atoms with Crippen LogP contribution < -0.4 is 0 Å². The fourth-order valence-electron chi connectivity index (χ4n) is 1.61. The summed E-state index contributed by atoms with van der Waals surface area (Å²) in [4.78, 5) is 1.17. The predicted molar refractivity (Wildman–Crippen MR) is 70.3 cm³/mol. The highest BCUT2D eigenvalue weighted by atomic mass is 35.5. The van der Waals surface area contributed by atoms with E-state index in [1.165, 1.54) is 11.0 Å². The predicted octanol–water partition coefficient (Wildman–Crippen LogP) is 4.43. The minimum absolute atomic E-state index is 0.193. The fraction of sp³-hybridized carbons (Fsp3) is 0.0769. The molecule has 0 saturated carbocycles. The van der Waals surface area contributed by atoms with Gasteiger partial charge in [0, 0.05) is 9.92 Å². The first-order valence-electron chi connectivity index (χ1n) is 4.83. The largest absolute Gasteiger partial charge is 0.508 e. The van der Waals surface area contributed by atoms with Crippen LogP contribution in [0.15, 0.2) is 47.4 Å². The van der Waals surface area contributed by atoms with Gasteiger partial charge >= 0.3 is 0 Å². The number of thioether (sulfide) groups is 1. The molecular formula is C13H11ClOS. The zero-order valence-corrected chi connectivity index (χ0v) is 10.3. The molecule has 0 saturated heterocycles. The van der Waals surface area contributed by atoms with E-state index in [1.54, 1.807) is 17.8 Å². The van der Waals surface area contributed by atoms with Gasteiger partial charge < -0.3 is 5.11 Å². The summed E-state index contributed by atoms with van der Waals surface area (Å²) < 4.78 is 0. The lowest BCUT2D eigenvalue weighted by Gasteiger charge is -2.08. The molecular weight excluding hydrogens is 240 g/mol. The Kier molecular flexibility index (Phi) is 3.42. The molecule has 2 aromatic carbocycles. The van der Waals surface area contributed by atoms with Gasteiger partial charge in [0.1, 0.15) is 5.75 Å². The molecule has 0 aliphatic heterocycles. The van der Waals surface area contributed by atoms with Crippen molar-refractivity contribution in [2.75, 3.05) is 6.26 Å². The number of halogens is 1. The number of rotatable bonds is 2. The topological polar surface area (TPSA) is 20.2 Å². The highest BCUT2D eigenvalue weighted by molar-refractivity contribution is 7.98. The third kappa shape index (κ3) is 2.34. The van der Waals surface area contributed by atoms with E-state index in [-0.39, 0.29) is 5.75 Å². The minimum atomic E-state index is 0.193. The monoisotopic (exact) mass is 250 g/mol. The summed E-state index contributed by atoms with van der Waals surface area (Å²) >= 11 is 7.61. The molecule has 0 unspecified atom stereocenters. The number of aromatic hydroxyl groups is 1. The molecule has 0 atom stereocenters. The van der Waals surface area contributed by atoms with Crippen LogP contribution in [0.25, 0.3) is 11.1 Å². The summed E-state index contributed by atoms with van der Waals surface area (Å²) in [6, 6.07) is 13.2. The smallest absolute Gasteiger partial charge is 0.117 e. The molecule has 3 heteroatoms. The van der Waals surface area contributed by atoms with E-state index in [0.717, 1.165) is 11.1 Å². The summed E-state index contributed by atoms with van der Waals surface area (Å²) in [5.41, 5.74) is 2.03. The zero-order chi connectivity index (χ0) is 11.5. The van der Waals surface area contributed by atoms with E-state index in [0.29, 0.717) is 5.02 Å². The van der Waals surface area contributed by atoms with Gasteiger partial charge in [-0.25, -0.2) is 0 Å². The van der Waals surface area contributed by atoms with Gasteiger partial charge in [0.25, 0.3) is 0 Å². The molecule has 16 heavy (non-hydrogen) atoms. The third-order valence-electron chi connectivity index (χ3n) is 2.30. The van der Waals surface area contributed by atoms with Crippen LogP contribution in [0.4, 0.5) is 0 Å². The number of phenols is 1. The van der Waals surface area contributed by atoms with E-state index in [4.69, 9.17) is 11.6 Å². The maximum atomic E-state index is 9.53. The highest BCUT2D eigenvalue weighted by Crippen LogP contribution is 2.33. The van der Waals surface area contributed by atoms with Crippen molar-refractivity contribution < 1.29 is 5.11 Å². The number of benzene rings is 2. The summed E-state index contributed by atoms with van der Waals surface area (Å²) in [7, 11) is 0. The molecule has 0 amide bonds. The van der Waals surface area contributed by atoms with Crippen LogP contribution in [0.5, 0.6) is 5.75 Å². The standard InChI is InChI=1S/C13H11ClOS/c1-16-13-5-3-2-4-12(13)9-6-10(14)8-11(15)7-9/h2-8,15H,1H3. The fourth-order valence-corrected chi connectivity index (χ4v) is 2.46. The molecule has 0 aliphatic rings. The Balaban J connectivity index is 2.58. The Bertz CT molecular complexity index is 491. The van der Waals surface area contributed by atoms with Crippen LogP contribution >= 0.6 is 23.4 Å². The van der Waals surface area contributed by atoms with Crippen LogP contribution in [-0.4, -0.2) is 11.4 Å². The molecule has 0 aromatic heterocycles. The van der Waals surface area contributed by atoms with Crippen molar-refractivity contribution in [2.45, 2.75) is 4.90 Å². The number of phenolic OH excluding ortho intramolecular Hbond substituents is 1. The Morgan fingerprint density at radius 2 is 1.88 bits per heavy atom. The van der Waals surface area contributed by atoms with Crippen molar-refractivity contribution in [3.8, 4) is 16.9 Å². The Morgan fingerprint density at radius 3 is 2.56 bits per heavy atom. The molecule has 0 spiro atoms. The van der Waals surface area contributed by atoms with Crippen molar-refractivity contribution in [1.29, 1.82) is 0 Å². The molecule has 82 valence electrons. The summed E-state index contributed by atoms with van der Waals surface area (Å²) in [5.74, 6) is 0.193. The Hall–Kier alpha value is -1.12. The van der Waals surface area contributed by atoms with E-state index >= 15 is 0 Å². The maximum Gasteiger partial charge on any atom is 0.117 e. The summed E-state index contributed by atoms with van der Waals surface area (Å²) in [6.45, 7) is 0. The second-order valence-corrected chi connectivity index (χ2v) is 4.68. The van der Waals surface area contributed by atoms with Crippen LogP contribution in [0.2, 0.25) is 5.02 Å². The van der Waals surface area contributed by atoms with Crippen molar-refractivity contribution in [1.82, 2.24) is 0 Å². The van der Waals surface area contributed by atoms with E-state index in [2.05, 4.69) is 6.07 Å². The second-order valence-electron chi connectivity index (χ2n) is 3.40. The van der Waals surface area contributed by atoms with Gasteiger partial charge in [-0.15, -0.1) is 11.8 Å². The molecule has 1 N–H and O–H groups in total. The Labute approximate surface area is 104 Å². The second kappa shape index (κ2) is 4.81. The quantitative estimate of drug-likeness (QED) is 0.796. The molecule has 2 rings (SSSR count).